The number of nitrogens with one attached hydrogen (secondary N) is 1. The van der Waals surface area contributed by atoms with Crippen LogP contribution < -0.4 is 10.1 Å². The van der Waals surface area contributed by atoms with Gasteiger partial charge in [-0.05, 0) is 35.4 Å². The molecule has 1 N–H and O–H groups in total. The van der Waals surface area contributed by atoms with Crippen LogP contribution >= 0.6 is 0 Å². The zero-order chi connectivity index (χ0) is 15.4. The summed E-state index contributed by atoms with van der Waals surface area (Å²) in [5.74, 6) is 0.769. The summed E-state index contributed by atoms with van der Waals surface area (Å²) in [6.45, 7) is 0.493. The van der Waals surface area contributed by atoms with Gasteiger partial charge in [0.05, 0.1) is 13.5 Å². The van der Waals surface area contributed by atoms with Crippen LogP contribution in [0.2, 0.25) is 0 Å². The van der Waals surface area contributed by atoms with E-state index in [4.69, 9.17) is 9.15 Å². The first-order valence-electron chi connectivity index (χ1n) is 6.96. The molecule has 0 aliphatic carbocycles. The highest BCUT2D eigenvalue weighted by Crippen LogP contribution is 2.15. The van der Waals surface area contributed by atoms with Gasteiger partial charge in [0.2, 0.25) is 5.91 Å². The predicted molar refractivity (Wildman–Crippen MR) is 82.6 cm³/mol. The van der Waals surface area contributed by atoms with Gasteiger partial charge in [-0.3, -0.25) is 4.79 Å². The van der Waals surface area contributed by atoms with Crippen LogP contribution in [-0.4, -0.2) is 18.0 Å². The van der Waals surface area contributed by atoms with Crippen LogP contribution in [0.1, 0.15) is 11.1 Å². The highest BCUT2D eigenvalue weighted by Gasteiger charge is 2.06. The number of hydrogen-bond donors (Lipinski definition) is 1. The van der Waals surface area contributed by atoms with Crippen LogP contribution in [0.25, 0.3) is 11.1 Å². The standard InChI is InChI=1S/C17H16N2O3/c1-21-14-5-2-12(3-6-14)10-18-17(20)9-13-4-7-15-16(8-13)22-11-19-15/h2-8,11H,9-10H2,1H3,(H,18,20). The summed E-state index contributed by atoms with van der Waals surface area (Å²) in [5.41, 5.74) is 3.42. The van der Waals surface area contributed by atoms with Gasteiger partial charge in [0.1, 0.15) is 11.3 Å². The van der Waals surface area contributed by atoms with Crippen molar-refractivity contribution < 1.29 is 13.9 Å². The number of hydrogen-bond acceptors (Lipinski definition) is 4. The van der Waals surface area contributed by atoms with E-state index in [0.29, 0.717) is 18.5 Å². The lowest BCUT2D eigenvalue weighted by Crippen LogP contribution is -2.24. The Kier molecular flexibility index (Phi) is 4.05. The van der Waals surface area contributed by atoms with Crippen LogP contribution in [0.5, 0.6) is 5.75 Å². The fraction of sp³-hybridized carbons (Fsp3) is 0.176. The van der Waals surface area contributed by atoms with Crippen molar-refractivity contribution in [2.75, 3.05) is 7.11 Å². The third kappa shape index (κ3) is 3.25. The van der Waals surface area contributed by atoms with E-state index >= 15 is 0 Å². The molecule has 0 saturated carbocycles. The van der Waals surface area contributed by atoms with Crippen molar-refractivity contribution >= 4 is 17.0 Å². The van der Waals surface area contributed by atoms with Crippen molar-refractivity contribution in [2.45, 2.75) is 13.0 Å². The molecule has 0 atom stereocenters. The third-order valence-electron chi connectivity index (χ3n) is 3.41. The number of rotatable bonds is 5. The van der Waals surface area contributed by atoms with E-state index in [0.717, 1.165) is 22.4 Å². The minimum absolute atomic E-state index is 0.0327. The first-order valence-corrected chi connectivity index (χ1v) is 6.96. The van der Waals surface area contributed by atoms with E-state index in [1.54, 1.807) is 7.11 Å². The number of methoxy groups -OCH3 is 1. The Hall–Kier alpha value is -2.82. The number of benzene rings is 2. The summed E-state index contributed by atoms with van der Waals surface area (Å²) in [6.07, 6.45) is 1.71. The van der Waals surface area contributed by atoms with Crippen molar-refractivity contribution in [3.8, 4) is 5.75 Å². The lowest BCUT2D eigenvalue weighted by molar-refractivity contribution is -0.120. The molecule has 0 aliphatic rings. The molecule has 0 aliphatic heterocycles. The largest absolute Gasteiger partial charge is 0.497 e. The Morgan fingerprint density at radius 1 is 1.18 bits per heavy atom. The fourth-order valence-corrected chi connectivity index (χ4v) is 2.20. The highest BCUT2D eigenvalue weighted by atomic mass is 16.5. The number of carbonyl (C=O) groups is 1. The van der Waals surface area contributed by atoms with Gasteiger partial charge in [0, 0.05) is 6.54 Å². The lowest BCUT2D eigenvalue weighted by Gasteiger charge is -2.06. The summed E-state index contributed by atoms with van der Waals surface area (Å²) in [5, 5.41) is 2.90. The van der Waals surface area contributed by atoms with Crippen molar-refractivity contribution in [3.05, 3.63) is 60.0 Å². The summed E-state index contributed by atoms with van der Waals surface area (Å²) >= 11 is 0. The molecule has 3 rings (SSSR count). The number of fused-ring (bicyclic) bond motifs is 1. The molecule has 5 heteroatoms. The molecule has 1 aromatic heterocycles. The molecule has 1 heterocycles. The minimum Gasteiger partial charge on any atom is -0.497 e. The second kappa shape index (κ2) is 6.30. The Morgan fingerprint density at radius 3 is 2.73 bits per heavy atom. The Labute approximate surface area is 127 Å². The molecule has 112 valence electrons. The number of amides is 1. The fourth-order valence-electron chi connectivity index (χ4n) is 2.20. The van der Waals surface area contributed by atoms with Crippen LogP contribution in [-0.2, 0) is 17.8 Å². The minimum atomic E-state index is -0.0327. The summed E-state index contributed by atoms with van der Waals surface area (Å²) < 4.78 is 10.3. The maximum atomic E-state index is 12.0. The zero-order valence-corrected chi connectivity index (χ0v) is 12.2. The quantitative estimate of drug-likeness (QED) is 0.786. The molecule has 0 fully saturated rings. The molecule has 5 nitrogen and oxygen atoms in total. The summed E-state index contributed by atoms with van der Waals surface area (Å²) in [6, 6.07) is 13.2. The van der Waals surface area contributed by atoms with Gasteiger partial charge >= 0.3 is 0 Å². The van der Waals surface area contributed by atoms with Crippen LogP contribution in [0.3, 0.4) is 0 Å². The van der Waals surface area contributed by atoms with Gasteiger partial charge in [-0.25, -0.2) is 4.98 Å². The molecular weight excluding hydrogens is 280 g/mol. The number of carbonyl (C=O) groups excluding carboxylic acids is 1. The molecule has 2 aromatic carbocycles. The summed E-state index contributed by atoms with van der Waals surface area (Å²) in [4.78, 5) is 16.1. The van der Waals surface area contributed by atoms with Gasteiger partial charge in [-0.15, -0.1) is 0 Å². The second-order valence-electron chi connectivity index (χ2n) is 4.96. The third-order valence-corrected chi connectivity index (χ3v) is 3.41. The molecule has 22 heavy (non-hydrogen) atoms. The Bertz CT molecular complexity index is 778. The molecule has 1 amide bonds. The summed E-state index contributed by atoms with van der Waals surface area (Å²) in [7, 11) is 1.63. The molecule has 0 bridgehead atoms. The van der Waals surface area contributed by atoms with Crippen molar-refractivity contribution in [1.82, 2.24) is 10.3 Å². The van der Waals surface area contributed by atoms with Crippen LogP contribution in [0, 0.1) is 0 Å². The molecule has 0 radical (unpaired) electrons. The van der Waals surface area contributed by atoms with E-state index < -0.39 is 0 Å². The average Bonchev–Trinajstić information content (AvgIpc) is 3.01. The smallest absolute Gasteiger partial charge is 0.224 e. The number of ether oxygens (including phenoxy) is 1. The Morgan fingerprint density at radius 2 is 1.95 bits per heavy atom. The van der Waals surface area contributed by atoms with E-state index in [-0.39, 0.29) is 5.91 Å². The maximum Gasteiger partial charge on any atom is 0.224 e. The maximum absolute atomic E-state index is 12.0. The second-order valence-corrected chi connectivity index (χ2v) is 4.96. The van der Waals surface area contributed by atoms with Gasteiger partial charge in [-0.1, -0.05) is 18.2 Å². The van der Waals surface area contributed by atoms with Gasteiger partial charge in [-0.2, -0.15) is 0 Å². The monoisotopic (exact) mass is 296 g/mol. The van der Waals surface area contributed by atoms with Gasteiger partial charge < -0.3 is 14.5 Å². The zero-order valence-electron chi connectivity index (χ0n) is 12.2. The normalized spacial score (nSPS) is 10.6. The van der Waals surface area contributed by atoms with Crippen molar-refractivity contribution in [2.24, 2.45) is 0 Å². The van der Waals surface area contributed by atoms with E-state index in [1.165, 1.54) is 6.39 Å². The van der Waals surface area contributed by atoms with Crippen molar-refractivity contribution in [1.29, 1.82) is 0 Å². The van der Waals surface area contributed by atoms with Crippen LogP contribution in [0.4, 0.5) is 0 Å². The predicted octanol–water partition coefficient (Wildman–Crippen LogP) is 2.70. The number of oxazole rings is 1. The topological polar surface area (TPSA) is 64.4 Å². The van der Waals surface area contributed by atoms with E-state index in [9.17, 15) is 4.79 Å². The number of nitrogens with zero attached hydrogens (tertiary/aromatic N) is 1. The molecule has 0 spiro atoms. The molecule has 3 aromatic rings. The van der Waals surface area contributed by atoms with E-state index in [1.807, 2.05) is 42.5 Å². The molecular formula is C17H16N2O3. The first-order chi connectivity index (χ1) is 10.7. The molecule has 0 saturated heterocycles. The first kappa shape index (κ1) is 14.1. The average molecular weight is 296 g/mol. The van der Waals surface area contributed by atoms with Gasteiger partial charge in [0.15, 0.2) is 12.0 Å². The van der Waals surface area contributed by atoms with Crippen molar-refractivity contribution in [3.63, 3.8) is 0 Å². The molecule has 0 unspecified atom stereocenters. The SMILES string of the molecule is COc1ccc(CNC(=O)Cc2ccc3ncoc3c2)cc1. The lowest BCUT2D eigenvalue weighted by atomic mass is 10.1. The van der Waals surface area contributed by atoms with E-state index in [2.05, 4.69) is 10.3 Å². The van der Waals surface area contributed by atoms with Gasteiger partial charge in [0.25, 0.3) is 0 Å². The number of aromatic nitrogens is 1. The Balaban J connectivity index is 1.57. The van der Waals surface area contributed by atoms with Crippen LogP contribution in [0.15, 0.2) is 53.3 Å². The highest BCUT2D eigenvalue weighted by molar-refractivity contribution is 5.80.